The van der Waals surface area contributed by atoms with Gasteiger partial charge in [-0.05, 0) is 23.6 Å². The predicted octanol–water partition coefficient (Wildman–Crippen LogP) is 2.38. The molecule has 0 aliphatic rings. The van der Waals surface area contributed by atoms with Crippen LogP contribution in [-0.4, -0.2) is 30.9 Å². The monoisotopic (exact) mass is 316 g/mol. The first kappa shape index (κ1) is 15.6. The zero-order valence-corrected chi connectivity index (χ0v) is 12.4. The Balaban J connectivity index is 2.25. The lowest BCUT2D eigenvalue weighted by molar-refractivity contribution is -0.102. The van der Waals surface area contributed by atoms with Gasteiger partial charge in [-0.15, -0.1) is 11.3 Å². The maximum Gasteiger partial charge on any atom is 0.340 e. The van der Waals surface area contributed by atoms with E-state index < -0.39 is 11.8 Å². The number of Topliss-reactive ketones (excluding diaryl/α,β-unsaturated/α-hetero) is 1. The molecule has 22 heavy (non-hydrogen) atoms. The van der Waals surface area contributed by atoms with Crippen molar-refractivity contribution in [3.8, 4) is 0 Å². The molecule has 0 amide bonds. The molecule has 0 bridgehead atoms. The van der Waals surface area contributed by atoms with Crippen LogP contribution >= 0.6 is 11.3 Å². The van der Waals surface area contributed by atoms with Crippen LogP contribution in [0.2, 0.25) is 0 Å². The number of benzene rings is 1. The smallest absolute Gasteiger partial charge is 0.340 e. The molecule has 1 heterocycles. The standard InChI is InChI=1S/C15H12N2O4S/c1-21-15(20)10-5-2-3-6-11(10)16-17-12(9-18)14(19)13-7-4-8-22-13/h2-9,16H,1H3/b17-12+. The lowest BCUT2D eigenvalue weighted by Crippen LogP contribution is -2.17. The molecule has 0 saturated carbocycles. The summed E-state index contributed by atoms with van der Waals surface area (Å²) < 4.78 is 4.65. The molecule has 7 heteroatoms. The molecule has 1 aromatic carbocycles. The molecule has 1 N–H and O–H groups in total. The van der Waals surface area contributed by atoms with Crippen LogP contribution in [0.1, 0.15) is 20.0 Å². The van der Waals surface area contributed by atoms with Crippen LogP contribution < -0.4 is 5.43 Å². The Morgan fingerprint density at radius 3 is 2.64 bits per heavy atom. The fraction of sp³-hybridized carbons (Fsp3) is 0.0667. The van der Waals surface area contributed by atoms with E-state index in [0.717, 1.165) is 0 Å². The highest BCUT2D eigenvalue weighted by Crippen LogP contribution is 2.16. The molecule has 0 aliphatic carbocycles. The highest BCUT2D eigenvalue weighted by atomic mass is 32.1. The zero-order chi connectivity index (χ0) is 15.9. The number of methoxy groups -OCH3 is 1. The summed E-state index contributed by atoms with van der Waals surface area (Å²) in [7, 11) is 1.26. The number of rotatable bonds is 6. The lowest BCUT2D eigenvalue weighted by atomic mass is 10.2. The van der Waals surface area contributed by atoms with Crippen LogP contribution in [-0.2, 0) is 9.53 Å². The van der Waals surface area contributed by atoms with Gasteiger partial charge in [0.1, 0.15) is 0 Å². The SMILES string of the molecule is COC(=O)c1ccccc1N/N=C(\C=O)C(=O)c1cccs1. The Morgan fingerprint density at radius 2 is 2.00 bits per heavy atom. The zero-order valence-electron chi connectivity index (χ0n) is 11.6. The lowest BCUT2D eigenvalue weighted by Gasteiger charge is -2.07. The number of thiophene rings is 1. The molecule has 0 radical (unpaired) electrons. The molecule has 0 atom stereocenters. The Bertz CT molecular complexity index is 723. The number of nitrogens with one attached hydrogen (secondary N) is 1. The van der Waals surface area contributed by atoms with Gasteiger partial charge in [-0.2, -0.15) is 5.10 Å². The predicted molar refractivity (Wildman–Crippen MR) is 83.6 cm³/mol. The summed E-state index contributed by atoms with van der Waals surface area (Å²) in [6.45, 7) is 0. The van der Waals surface area contributed by atoms with Gasteiger partial charge >= 0.3 is 5.97 Å². The molecule has 0 aliphatic heterocycles. The Labute approximate surface area is 130 Å². The van der Waals surface area contributed by atoms with E-state index in [-0.39, 0.29) is 11.3 Å². The molecule has 0 unspecified atom stereocenters. The third-order valence-corrected chi connectivity index (χ3v) is 3.59. The van der Waals surface area contributed by atoms with Gasteiger partial charge in [-0.3, -0.25) is 15.0 Å². The second-order valence-corrected chi connectivity index (χ2v) is 5.02. The summed E-state index contributed by atoms with van der Waals surface area (Å²) in [6.07, 6.45) is 0.371. The van der Waals surface area contributed by atoms with Gasteiger partial charge in [0.2, 0.25) is 5.78 Å². The van der Waals surface area contributed by atoms with Crippen LogP contribution in [0, 0.1) is 0 Å². The molecular weight excluding hydrogens is 304 g/mol. The van der Waals surface area contributed by atoms with Crippen molar-refractivity contribution in [1.29, 1.82) is 0 Å². The number of nitrogens with zero attached hydrogens (tertiary/aromatic N) is 1. The van der Waals surface area contributed by atoms with Gasteiger partial charge in [-0.1, -0.05) is 18.2 Å². The third kappa shape index (κ3) is 3.44. The van der Waals surface area contributed by atoms with Gasteiger partial charge in [0.25, 0.3) is 0 Å². The van der Waals surface area contributed by atoms with Crippen molar-refractivity contribution in [3.63, 3.8) is 0 Å². The number of esters is 1. The summed E-state index contributed by atoms with van der Waals surface area (Å²) >= 11 is 1.22. The maximum atomic E-state index is 12.0. The summed E-state index contributed by atoms with van der Waals surface area (Å²) in [5.74, 6) is -1.02. The molecule has 2 aromatic rings. The van der Waals surface area contributed by atoms with Crippen molar-refractivity contribution in [2.45, 2.75) is 0 Å². The number of ketones is 1. The van der Waals surface area contributed by atoms with E-state index in [1.807, 2.05) is 0 Å². The van der Waals surface area contributed by atoms with Crippen molar-refractivity contribution < 1.29 is 19.1 Å². The Morgan fingerprint density at radius 1 is 1.23 bits per heavy atom. The Hall–Kier alpha value is -2.80. The average Bonchev–Trinajstić information content (AvgIpc) is 3.09. The molecular formula is C15H12N2O4S. The van der Waals surface area contributed by atoms with Crippen LogP contribution in [0.4, 0.5) is 5.69 Å². The molecule has 0 saturated heterocycles. The summed E-state index contributed by atoms with van der Waals surface area (Å²) in [5, 5.41) is 5.53. The van der Waals surface area contributed by atoms with Crippen LogP contribution in [0.3, 0.4) is 0 Å². The van der Waals surface area contributed by atoms with Gasteiger partial charge in [0.15, 0.2) is 12.0 Å². The number of anilines is 1. The minimum absolute atomic E-state index is 0.252. The molecule has 0 spiro atoms. The van der Waals surface area contributed by atoms with Crippen molar-refractivity contribution in [1.82, 2.24) is 0 Å². The van der Waals surface area contributed by atoms with Gasteiger partial charge in [0.05, 0.1) is 23.2 Å². The minimum atomic E-state index is -0.546. The number of carbonyl (C=O) groups excluding carboxylic acids is 3. The highest BCUT2D eigenvalue weighted by Gasteiger charge is 2.15. The van der Waals surface area contributed by atoms with Crippen molar-refractivity contribution >= 4 is 40.8 Å². The van der Waals surface area contributed by atoms with E-state index in [1.54, 1.807) is 41.8 Å². The maximum absolute atomic E-state index is 12.0. The molecule has 6 nitrogen and oxygen atoms in total. The van der Waals surface area contributed by atoms with Crippen molar-refractivity contribution in [2.75, 3.05) is 12.5 Å². The normalized spacial score (nSPS) is 10.9. The number of carbonyl (C=O) groups is 3. The van der Waals surface area contributed by atoms with Gasteiger partial charge < -0.3 is 4.74 Å². The number of hydrazone groups is 1. The first-order chi connectivity index (χ1) is 10.7. The fourth-order valence-corrected chi connectivity index (χ4v) is 2.33. The quantitative estimate of drug-likeness (QED) is 0.221. The first-order valence-electron chi connectivity index (χ1n) is 6.21. The minimum Gasteiger partial charge on any atom is -0.465 e. The number of para-hydroxylation sites is 1. The number of aldehydes is 1. The first-order valence-corrected chi connectivity index (χ1v) is 7.09. The van der Waals surface area contributed by atoms with Crippen LogP contribution in [0.5, 0.6) is 0 Å². The van der Waals surface area contributed by atoms with E-state index in [9.17, 15) is 14.4 Å². The second kappa shape index (κ2) is 7.28. The topological polar surface area (TPSA) is 84.8 Å². The summed E-state index contributed by atoms with van der Waals surface area (Å²) in [6, 6.07) is 9.80. The number of hydrogen-bond acceptors (Lipinski definition) is 7. The second-order valence-electron chi connectivity index (χ2n) is 4.07. The molecule has 1 aromatic heterocycles. The van der Waals surface area contributed by atoms with Crippen molar-refractivity contribution in [3.05, 3.63) is 52.2 Å². The molecule has 0 fully saturated rings. The van der Waals surface area contributed by atoms with E-state index in [2.05, 4.69) is 15.3 Å². The van der Waals surface area contributed by atoms with Crippen LogP contribution in [0.25, 0.3) is 0 Å². The highest BCUT2D eigenvalue weighted by molar-refractivity contribution is 7.13. The number of ether oxygens (including phenoxy) is 1. The Kier molecular flexibility index (Phi) is 5.16. The average molecular weight is 316 g/mol. The molecule has 112 valence electrons. The van der Waals surface area contributed by atoms with Gasteiger partial charge in [0, 0.05) is 0 Å². The van der Waals surface area contributed by atoms with E-state index in [0.29, 0.717) is 16.9 Å². The summed E-state index contributed by atoms with van der Waals surface area (Å²) in [5.41, 5.74) is 2.88. The van der Waals surface area contributed by atoms with E-state index >= 15 is 0 Å². The van der Waals surface area contributed by atoms with Crippen molar-refractivity contribution in [2.24, 2.45) is 5.10 Å². The summed E-state index contributed by atoms with van der Waals surface area (Å²) in [4.78, 5) is 35.1. The fourth-order valence-electron chi connectivity index (χ4n) is 1.65. The van der Waals surface area contributed by atoms with E-state index in [4.69, 9.17) is 0 Å². The number of hydrogen-bond donors (Lipinski definition) is 1. The van der Waals surface area contributed by atoms with Crippen LogP contribution in [0.15, 0.2) is 46.9 Å². The van der Waals surface area contributed by atoms with Gasteiger partial charge in [-0.25, -0.2) is 4.79 Å². The van der Waals surface area contributed by atoms with E-state index in [1.165, 1.54) is 18.4 Å². The third-order valence-electron chi connectivity index (χ3n) is 2.72. The molecule has 2 rings (SSSR count). The largest absolute Gasteiger partial charge is 0.465 e.